The van der Waals surface area contributed by atoms with Crippen LogP contribution >= 0.6 is 22.6 Å². The van der Waals surface area contributed by atoms with E-state index in [9.17, 15) is 9.59 Å². The van der Waals surface area contributed by atoms with Gasteiger partial charge in [-0.3, -0.25) is 9.59 Å². The maximum absolute atomic E-state index is 12.8. The van der Waals surface area contributed by atoms with Crippen molar-refractivity contribution in [3.63, 3.8) is 0 Å². The van der Waals surface area contributed by atoms with Crippen molar-refractivity contribution in [3.05, 3.63) is 87.5 Å². The van der Waals surface area contributed by atoms with Gasteiger partial charge < -0.3 is 19.9 Å². The molecule has 0 unspecified atom stereocenters. The monoisotopic (exact) mass is 541 g/mol. The molecule has 1 heterocycles. The predicted molar refractivity (Wildman–Crippen MR) is 135 cm³/mol. The number of carbonyl (C=O) groups is 2. The average molecular weight is 541 g/mol. The molecule has 2 amide bonds. The fourth-order valence-electron chi connectivity index (χ4n) is 3.67. The van der Waals surface area contributed by atoms with Gasteiger partial charge in [0, 0.05) is 52.3 Å². The summed E-state index contributed by atoms with van der Waals surface area (Å²) in [5, 5.41) is 2.94. The standard InChI is InChI=1S/C25H24IN3O3/c1-32-23-11-5-18(6-12-23)25(31)29-15-13-28(14-16-29)22-9-7-21(8-10-22)27-24(30)19-3-2-4-20(26)17-19/h2-12,17H,13-16H2,1H3,(H,27,30). The van der Waals surface area contributed by atoms with Crippen LogP contribution in [0.1, 0.15) is 20.7 Å². The molecule has 3 aromatic rings. The minimum atomic E-state index is -0.123. The second-order valence-corrected chi connectivity index (χ2v) is 8.76. The number of ether oxygens (including phenoxy) is 1. The van der Waals surface area contributed by atoms with Crippen LogP contribution in [0.3, 0.4) is 0 Å². The number of piperazine rings is 1. The lowest BCUT2D eigenvalue weighted by Crippen LogP contribution is -2.48. The van der Waals surface area contributed by atoms with Gasteiger partial charge in [0.1, 0.15) is 5.75 Å². The fourth-order valence-corrected chi connectivity index (χ4v) is 4.22. The molecule has 0 aromatic heterocycles. The smallest absolute Gasteiger partial charge is 0.255 e. The molecule has 1 fully saturated rings. The SMILES string of the molecule is COc1ccc(C(=O)N2CCN(c3ccc(NC(=O)c4cccc(I)c4)cc3)CC2)cc1. The number of carbonyl (C=O) groups excluding carboxylic acids is 2. The first-order chi connectivity index (χ1) is 15.5. The Labute approximate surface area is 201 Å². The highest BCUT2D eigenvalue weighted by Crippen LogP contribution is 2.21. The minimum absolute atomic E-state index is 0.0425. The first-order valence-corrected chi connectivity index (χ1v) is 11.5. The summed E-state index contributed by atoms with van der Waals surface area (Å²) in [5.74, 6) is 0.660. The molecule has 1 aliphatic rings. The van der Waals surface area contributed by atoms with Crippen molar-refractivity contribution in [3.8, 4) is 5.75 Å². The summed E-state index contributed by atoms with van der Waals surface area (Å²) in [6, 6.07) is 22.5. The number of halogens is 1. The van der Waals surface area contributed by atoms with Crippen LogP contribution in [0, 0.1) is 3.57 Å². The predicted octanol–water partition coefficient (Wildman–Crippen LogP) is 4.51. The number of amides is 2. The van der Waals surface area contributed by atoms with Crippen LogP contribution in [0.5, 0.6) is 5.75 Å². The first kappa shape index (κ1) is 22.1. The molecule has 1 saturated heterocycles. The third-order valence-electron chi connectivity index (χ3n) is 5.48. The van der Waals surface area contributed by atoms with Crippen LogP contribution in [-0.2, 0) is 0 Å². The van der Waals surface area contributed by atoms with E-state index in [0.717, 1.165) is 33.8 Å². The van der Waals surface area contributed by atoms with Crippen molar-refractivity contribution < 1.29 is 14.3 Å². The lowest BCUT2D eigenvalue weighted by molar-refractivity contribution is 0.0746. The van der Waals surface area contributed by atoms with E-state index >= 15 is 0 Å². The summed E-state index contributed by atoms with van der Waals surface area (Å²) in [7, 11) is 1.61. The number of hydrogen-bond acceptors (Lipinski definition) is 4. The zero-order valence-corrected chi connectivity index (χ0v) is 19.9. The summed E-state index contributed by atoms with van der Waals surface area (Å²) < 4.78 is 6.18. The third-order valence-corrected chi connectivity index (χ3v) is 6.15. The molecule has 1 aliphatic heterocycles. The highest BCUT2D eigenvalue weighted by atomic mass is 127. The largest absolute Gasteiger partial charge is 0.497 e. The molecule has 164 valence electrons. The molecule has 1 N–H and O–H groups in total. The number of methoxy groups -OCH3 is 1. The van der Waals surface area contributed by atoms with Crippen LogP contribution in [0.25, 0.3) is 0 Å². The first-order valence-electron chi connectivity index (χ1n) is 10.4. The van der Waals surface area contributed by atoms with Crippen LogP contribution in [0.4, 0.5) is 11.4 Å². The van der Waals surface area contributed by atoms with Crippen LogP contribution in [0.2, 0.25) is 0 Å². The van der Waals surface area contributed by atoms with Gasteiger partial charge in [-0.15, -0.1) is 0 Å². The van der Waals surface area contributed by atoms with Crippen LogP contribution < -0.4 is 15.0 Å². The molecule has 4 rings (SSSR count). The van der Waals surface area contributed by atoms with Gasteiger partial charge in [0.05, 0.1) is 7.11 Å². The molecule has 0 radical (unpaired) electrons. The number of anilines is 2. The molecular weight excluding hydrogens is 517 g/mol. The van der Waals surface area contributed by atoms with Crippen molar-refractivity contribution in [1.82, 2.24) is 4.90 Å². The summed E-state index contributed by atoms with van der Waals surface area (Å²) in [6.07, 6.45) is 0. The highest BCUT2D eigenvalue weighted by molar-refractivity contribution is 14.1. The van der Waals surface area contributed by atoms with E-state index in [1.165, 1.54) is 0 Å². The molecule has 0 saturated carbocycles. The summed E-state index contributed by atoms with van der Waals surface area (Å²) in [4.78, 5) is 29.3. The molecule has 3 aromatic carbocycles. The number of rotatable bonds is 5. The molecule has 6 nitrogen and oxygen atoms in total. The quantitative estimate of drug-likeness (QED) is 0.483. The average Bonchev–Trinajstić information content (AvgIpc) is 2.84. The fraction of sp³-hybridized carbons (Fsp3) is 0.200. The van der Waals surface area contributed by atoms with Gasteiger partial charge in [0.15, 0.2) is 0 Å². The topological polar surface area (TPSA) is 61.9 Å². The Kier molecular flexibility index (Phi) is 6.94. The second-order valence-electron chi connectivity index (χ2n) is 7.52. The van der Waals surface area contributed by atoms with Crippen molar-refractivity contribution >= 4 is 45.8 Å². The van der Waals surface area contributed by atoms with E-state index in [1.54, 1.807) is 25.3 Å². The number of benzene rings is 3. The van der Waals surface area contributed by atoms with E-state index in [-0.39, 0.29) is 11.8 Å². The van der Waals surface area contributed by atoms with Crippen molar-refractivity contribution in [2.24, 2.45) is 0 Å². The van der Waals surface area contributed by atoms with Crippen LogP contribution in [0.15, 0.2) is 72.8 Å². The van der Waals surface area contributed by atoms with Gasteiger partial charge in [-0.25, -0.2) is 0 Å². The molecule has 7 heteroatoms. The minimum Gasteiger partial charge on any atom is -0.497 e. The maximum atomic E-state index is 12.8. The van der Waals surface area contributed by atoms with Gasteiger partial charge in [-0.2, -0.15) is 0 Å². The van der Waals surface area contributed by atoms with Crippen LogP contribution in [-0.4, -0.2) is 50.0 Å². The summed E-state index contributed by atoms with van der Waals surface area (Å²) >= 11 is 2.20. The van der Waals surface area contributed by atoms with Crippen molar-refractivity contribution in [2.45, 2.75) is 0 Å². The number of nitrogens with zero attached hydrogens (tertiary/aromatic N) is 2. The van der Waals surface area contributed by atoms with E-state index in [0.29, 0.717) is 24.2 Å². The molecule has 0 spiro atoms. The van der Waals surface area contributed by atoms with E-state index in [2.05, 4.69) is 32.8 Å². The summed E-state index contributed by atoms with van der Waals surface area (Å²) in [5.41, 5.74) is 3.14. The van der Waals surface area contributed by atoms with Gasteiger partial charge in [-0.05, 0) is 89.3 Å². The Bertz CT molecular complexity index is 1090. The van der Waals surface area contributed by atoms with Crippen molar-refractivity contribution in [2.75, 3.05) is 43.5 Å². The Morgan fingerprint density at radius 1 is 0.875 bits per heavy atom. The molecule has 0 aliphatic carbocycles. The lowest BCUT2D eigenvalue weighted by Gasteiger charge is -2.36. The number of nitrogens with one attached hydrogen (secondary N) is 1. The lowest BCUT2D eigenvalue weighted by atomic mass is 10.1. The molecule has 0 atom stereocenters. The number of hydrogen-bond donors (Lipinski definition) is 1. The molecular formula is C25H24IN3O3. The Balaban J connectivity index is 1.32. The van der Waals surface area contributed by atoms with E-state index in [4.69, 9.17) is 4.74 Å². The van der Waals surface area contributed by atoms with Crippen molar-refractivity contribution in [1.29, 1.82) is 0 Å². The van der Waals surface area contributed by atoms with E-state index in [1.807, 2.05) is 59.5 Å². The summed E-state index contributed by atoms with van der Waals surface area (Å²) in [6.45, 7) is 2.85. The molecule has 32 heavy (non-hydrogen) atoms. The van der Waals surface area contributed by atoms with Gasteiger partial charge in [0.25, 0.3) is 11.8 Å². The Morgan fingerprint density at radius 3 is 2.19 bits per heavy atom. The van der Waals surface area contributed by atoms with Gasteiger partial charge in [0.2, 0.25) is 0 Å². The highest BCUT2D eigenvalue weighted by Gasteiger charge is 2.22. The van der Waals surface area contributed by atoms with E-state index < -0.39 is 0 Å². The second kappa shape index (κ2) is 10.0. The zero-order valence-electron chi connectivity index (χ0n) is 17.8. The van der Waals surface area contributed by atoms with Gasteiger partial charge in [-0.1, -0.05) is 6.07 Å². The maximum Gasteiger partial charge on any atom is 0.255 e. The van der Waals surface area contributed by atoms with Gasteiger partial charge >= 0.3 is 0 Å². The Morgan fingerprint density at radius 2 is 1.56 bits per heavy atom. The normalized spacial score (nSPS) is 13.6. The Hall–Kier alpha value is -3.07. The molecule has 0 bridgehead atoms. The zero-order chi connectivity index (χ0) is 22.5. The third kappa shape index (κ3) is 5.21.